The summed E-state index contributed by atoms with van der Waals surface area (Å²) in [6.45, 7) is 3.78. The van der Waals surface area contributed by atoms with E-state index in [-0.39, 0.29) is 12.6 Å². The Bertz CT molecular complexity index is 1100. The highest BCUT2D eigenvalue weighted by atomic mass is 16.5. The number of aryl methyl sites for hydroxylation is 1. The number of rotatable bonds is 6. The van der Waals surface area contributed by atoms with Crippen LogP contribution < -0.4 is 5.32 Å². The number of hydrogen-bond acceptors (Lipinski definition) is 6. The Balaban J connectivity index is 1.55. The molecule has 2 aromatic carbocycles. The van der Waals surface area contributed by atoms with Crippen LogP contribution in [-0.4, -0.2) is 30.9 Å². The lowest BCUT2D eigenvalue weighted by Crippen LogP contribution is -2.21. The van der Waals surface area contributed by atoms with Crippen LogP contribution in [0.1, 0.15) is 31.0 Å². The lowest BCUT2D eigenvalue weighted by Gasteiger charge is -2.13. The molecule has 160 valence electrons. The molecular formula is C24H24N2O5. The van der Waals surface area contributed by atoms with Crippen LogP contribution in [0.2, 0.25) is 0 Å². The monoisotopic (exact) mass is 420 g/mol. The second-order valence-corrected chi connectivity index (χ2v) is 7.55. The average molecular weight is 420 g/mol. The zero-order valence-electron chi connectivity index (χ0n) is 17.7. The molecule has 1 aromatic heterocycles. The zero-order valence-corrected chi connectivity index (χ0v) is 17.7. The van der Waals surface area contributed by atoms with Crippen molar-refractivity contribution in [3.8, 4) is 22.5 Å². The Hall–Kier alpha value is -3.61. The van der Waals surface area contributed by atoms with Gasteiger partial charge in [0, 0.05) is 5.56 Å². The Morgan fingerprint density at radius 2 is 1.61 bits per heavy atom. The number of hydrogen-bond donors (Lipinski definition) is 1. The summed E-state index contributed by atoms with van der Waals surface area (Å²) >= 11 is 0. The van der Waals surface area contributed by atoms with E-state index in [1.807, 2.05) is 48.5 Å². The number of aromatic nitrogens is 1. The number of benzene rings is 2. The molecule has 1 amide bonds. The smallest absolute Gasteiger partial charge is 0.411 e. The van der Waals surface area contributed by atoms with E-state index >= 15 is 0 Å². The largest absolute Gasteiger partial charge is 0.468 e. The number of ether oxygens (including phenoxy) is 2. The summed E-state index contributed by atoms with van der Waals surface area (Å²) in [6, 6.07) is 15.8. The molecular weight excluding hydrogens is 396 g/mol. The van der Waals surface area contributed by atoms with Gasteiger partial charge in [-0.05, 0) is 43.4 Å². The predicted molar refractivity (Wildman–Crippen MR) is 116 cm³/mol. The van der Waals surface area contributed by atoms with Crippen LogP contribution >= 0.6 is 0 Å². The number of nitrogens with one attached hydrogen (secondary N) is 1. The van der Waals surface area contributed by atoms with Gasteiger partial charge in [0.2, 0.25) is 0 Å². The lowest BCUT2D eigenvalue weighted by atomic mass is 9.93. The highest BCUT2D eigenvalue weighted by Gasteiger charge is 2.52. The standard InChI is InChI=1S/C24H24N2O5/c1-4-30-23(28)25-20-15(2)26-31-21(20)18-7-5-16(6-8-18)17-9-11-19(12-10-17)24(13-14-24)22(27)29-3/h5-12H,4,13-14H2,1-3H3,(H,25,28). The summed E-state index contributed by atoms with van der Waals surface area (Å²) in [5, 5.41) is 6.65. The maximum Gasteiger partial charge on any atom is 0.411 e. The Labute approximate surface area is 180 Å². The van der Waals surface area contributed by atoms with E-state index in [9.17, 15) is 9.59 Å². The third-order valence-corrected chi connectivity index (χ3v) is 5.61. The molecule has 3 aromatic rings. The number of carbonyl (C=O) groups is 2. The molecule has 1 N–H and O–H groups in total. The summed E-state index contributed by atoms with van der Waals surface area (Å²) in [6.07, 6.45) is 1.10. The summed E-state index contributed by atoms with van der Waals surface area (Å²) in [7, 11) is 1.43. The molecule has 7 nitrogen and oxygen atoms in total. The number of anilines is 1. The van der Waals surface area contributed by atoms with Gasteiger partial charge in [0.25, 0.3) is 0 Å². The van der Waals surface area contributed by atoms with Crippen LogP contribution in [-0.2, 0) is 19.7 Å². The molecule has 0 atom stereocenters. The molecule has 1 heterocycles. The highest BCUT2D eigenvalue weighted by molar-refractivity contribution is 5.91. The van der Waals surface area contributed by atoms with E-state index in [1.165, 1.54) is 7.11 Å². The molecule has 1 saturated carbocycles. The Morgan fingerprint density at radius 1 is 1.03 bits per heavy atom. The fraction of sp³-hybridized carbons (Fsp3) is 0.292. The van der Waals surface area contributed by atoms with Crippen molar-refractivity contribution >= 4 is 17.7 Å². The zero-order chi connectivity index (χ0) is 22.0. The molecule has 0 aliphatic heterocycles. The first-order valence-corrected chi connectivity index (χ1v) is 10.2. The molecule has 1 fully saturated rings. The minimum atomic E-state index is -0.549. The van der Waals surface area contributed by atoms with E-state index in [2.05, 4.69) is 10.5 Å². The maximum atomic E-state index is 12.1. The van der Waals surface area contributed by atoms with Crippen LogP contribution in [0.15, 0.2) is 53.1 Å². The predicted octanol–water partition coefficient (Wildman–Crippen LogP) is 5.09. The van der Waals surface area contributed by atoms with Gasteiger partial charge < -0.3 is 14.0 Å². The third kappa shape index (κ3) is 3.91. The first-order valence-electron chi connectivity index (χ1n) is 10.2. The van der Waals surface area contributed by atoms with E-state index in [0.29, 0.717) is 17.1 Å². The van der Waals surface area contributed by atoms with Gasteiger partial charge >= 0.3 is 12.1 Å². The number of carbonyl (C=O) groups excluding carboxylic acids is 2. The average Bonchev–Trinajstić information content (AvgIpc) is 3.53. The van der Waals surface area contributed by atoms with Crippen molar-refractivity contribution in [1.29, 1.82) is 0 Å². The maximum absolute atomic E-state index is 12.1. The summed E-state index contributed by atoms with van der Waals surface area (Å²) in [5.74, 6) is 0.306. The topological polar surface area (TPSA) is 90.7 Å². The van der Waals surface area contributed by atoms with Crippen molar-refractivity contribution in [3.63, 3.8) is 0 Å². The molecule has 1 aliphatic rings. The number of amides is 1. The molecule has 0 radical (unpaired) electrons. The van der Waals surface area contributed by atoms with Gasteiger partial charge in [-0.15, -0.1) is 0 Å². The SMILES string of the molecule is CCOC(=O)Nc1c(C)noc1-c1ccc(-c2ccc(C3(C(=O)OC)CC3)cc2)cc1. The number of methoxy groups -OCH3 is 1. The molecule has 4 rings (SSSR count). The van der Waals surface area contributed by atoms with Crippen LogP contribution in [0, 0.1) is 6.92 Å². The van der Waals surface area contributed by atoms with Crippen molar-refractivity contribution in [2.75, 3.05) is 19.0 Å². The van der Waals surface area contributed by atoms with Crippen molar-refractivity contribution < 1.29 is 23.6 Å². The van der Waals surface area contributed by atoms with Crippen molar-refractivity contribution in [2.24, 2.45) is 0 Å². The minimum absolute atomic E-state index is 0.167. The van der Waals surface area contributed by atoms with Crippen molar-refractivity contribution in [2.45, 2.75) is 32.1 Å². The first kappa shape index (κ1) is 20.7. The summed E-state index contributed by atoms with van der Waals surface area (Å²) < 4.78 is 15.3. The van der Waals surface area contributed by atoms with Crippen LogP contribution in [0.5, 0.6) is 0 Å². The quantitative estimate of drug-likeness (QED) is 0.559. The fourth-order valence-corrected chi connectivity index (χ4v) is 3.71. The Kier molecular flexibility index (Phi) is 5.50. The summed E-state index contributed by atoms with van der Waals surface area (Å²) in [4.78, 5) is 23.9. The van der Waals surface area contributed by atoms with Gasteiger partial charge in [-0.2, -0.15) is 0 Å². The van der Waals surface area contributed by atoms with E-state index in [4.69, 9.17) is 14.0 Å². The second kappa shape index (κ2) is 8.26. The fourth-order valence-electron chi connectivity index (χ4n) is 3.71. The normalized spacial score (nSPS) is 14.0. The van der Waals surface area contributed by atoms with Gasteiger partial charge in [0.05, 0.1) is 19.1 Å². The molecule has 1 aliphatic carbocycles. The van der Waals surface area contributed by atoms with Crippen LogP contribution in [0.4, 0.5) is 10.5 Å². The van der Waals surface area contributed by atoms with Crippen LogP contribution in [0.25, 0.3) is 22.5 Å². The van der Waals surface area contributed by atoms with Gasteiger partial charge in [0.15, 0.2) is 5.76 Å². The van der Waals surface area contributed by atoms with Crippen molar-refractivity contribution in [1.82, 2.24) is 5.16 Å². The van der Waals surface area contributed by atoms with Gasteiger partial charge in [0.1, 0.15) is 11.4 Å². The molecule has 7 heteroatoms. The number of esters is 1. The van der Waals surface area contributed by atoms with E-state index < -0.39 is 11.5 Å². The van der Waals surface area contributed by atoms with Crippen LogP contribution in [0.3, 0.4) is 0 Å². The van der Waals surface area contributed by atoms with E-state index in [1.54, 1.807) is 13.8 Å². The molecule has 0 spiro atoms. The van der Waals surface area contributed by atoms with Gasteiger partial charge in [-0.1, -0.05) is 53.7 Å². The highest BCUT2D eigenvalue weighted by Crippen LogP contribution is 2.49. The molecule has 0 bridgehead atoms. The number of nitrogens with zero attached hydrogens (tertiary/aromatic N) is 1. The third-order valence-electron chi connectivity index (χ3n) is 5.61. The minimum Gasteiger partial charge on any atom is -0.468 e. The summed E-state index contributed by atoms with van der Waals surface area (Å²) in [5.41, 5.74) is 4.44. The van der Waals surface area contributed by atoms with E-state index in [0.717, 1.165) is 35.1 Å². The van der Waals surface area contributed by atoms with Crippen molar-refractivity contribution in [3.05, 3.63) is 59.8 Å². The first-order chi connectivity index (χ1) is 15.0. The lowest BCUT2D eigenvalue weighted by molar-refractivity contribution is -0.143. The Morgan fingerprint density at radius 3 is 2.16 bits per heavy atom. The van der Waals surface area contributed by atoms with Gasteiger partial charge in [-0.3, -0.25) is 10.1 Å². The molecule has 0 saturated heterocycles. The molecule has 0 unspecified atom stereocenters. The van der Waals surface area contributed by atoms with Gasteiger partial charge in [-0.25, -0.2) is 4.79 Å². The molecule has 31 heavy (non-hydrogen) atoms. The second-order valence-electron chi connectivity index (χ2n) is 7.55.